The summed E-state index contributed by atoms with van der Waals surface area (Å²) in [5, 5.41) is 6.06. The van der Waals surface area contributed by atoms with Gasteiger partial charge in [-0.3, -0.25) is 0 Å². The highest BCUT2D eigenvalue weighted by Gasteiger charge is 1.95. The molecule has 0 saturated carbocycles. The Balaban J connectivity index is 2.17. The minimum atomic E-state index is -0.221. The minimum absolute atomic E-state index is 0.221. The van der Waals surface area contributed by atoms with Gasteiger partial charge < -0.3 is 15.4 Å². The van der Waals surface area contributed by atoms with Crippen LogP contribution in [0.4, 0.5) is 4.79 Å². The molecule has 0 aromatic heterocycles. The van der Waals surface area contributed by atoms with E-state index in [1.165, 1.54) is 0 Å². The van der Waals surface area contributed by atoms with Gasteiger partial charge in [-0.25, -0.2) is 4.79 Å². The van der Waals surface area contributed by atoms with Crippen molar-refractivity contribution >= 4 is 23.7 Å². The second kappa shape index (κ2) is 9.42. The van der Waals surface area contributed by atoms with E-state index in [2.05, 4.69) is 10.6 Å². The second-order valence-electron chi connectivity index (χ2n) is 3.84. The van der Waals surface area contributed by atoms with Crippen molar-refractivity contribution in [1.82, 2.24) is 10.6 Å². The van der Waals surface area contributed by atoms with Crippen LogP contribution in [0.3, 0.4) is 0 Å². The molecule has 19 heavy (non-hydrogen) atoms. The van der Waals surface area contributed by atoms with E-state index in [1.54, 1.807) is 24.4 Å². The molecule has 0 aliphatic rings. The summed E-state index contributed by atoms with van der Waals surface area (Å²) in [7, 11) is 0. The lowest BCUT2D eigenvalue weighted by atomic mass is 10.2. The maximum Gasteiger partial charge on any atom is 0.318 e. The van der Waals surface area contributed by atoms with E-state index < -0.39 is 0 Å². The van der Waals surface area contributed by atoms with Gasteiger partial charge in [-0.15, -0.1) is 0 Å². The van der Waals surface area contributed by atoms with Crippen LogP contribution in [0.1, 0.15) is 18.9 Å². The number of hydrogen-bond acceptors (Lipinski definition) is 2. The highest BCUT2D eigenvalue weighted by Crippen LogP contribution is 2.10. The van der Waals surface area contributed by atoms with Gasteiger partial charge in [0.1, 0.15) is 0 Å². The smallest absolute Gasteiger partial charge is 0.318 e. The van der Waals surface area contributed by atoms with E-state index in [1.807, 2.05) is 19.1 Å². The minimum Gasteiger partial charge on any atom is -0.382 e. The van der Waals surface area contributed by atoms with Gasteiger partial charge in [-0.2, -0.15) is 0 Å². The van der Waals surface area contributed by atoms with Crippen LogP contribution in [-0.2, 0) is 4.74 Å². The van der Waals surface area contributed by atoms with Gasteiger partial charge >= 0.3 is 6.03 Å². The number of hydrogen-bond donors (Lipinski definition) is 2. The number of carbonyl (C=O) groups is 1. The van der Waals surface area contributed by atoms with E-state index in [0.717, 1.165) is 12.0 Å². The Morgan fingerprint density at radius 3 is 2.79 bits per heavy atom. The number of ether oxygens (including phenoxy) is 1. The lowest BCUT2D eigenvalue weighted by Crippen LogP contribution is -2.33. The standard InChI is InChI=1S/C14H19ClN2O2/c1-2-19-11-3-9-16-14(18)17-10-8-12-4-6-13(15)7-5-12/h4-8,10H,2-3,9,11H2,1H3,(H2,16,17,18)/b10-8+. The lowest BCUT2D eigenvalue weighted by Gasteiger charge is -2.04. The fraction of sp³-hybridized carbons (Fsp3) is 0.357. The number of halogens is 1. The summed E-state index contributed by atoms with van der Waals surface area (Å²) in [5.41, 5.74) is 0.973. The first-order valence-electron chi connectivity index (χ1n) is 6.26. The predicted octanol–water partition coefficient (Wildman–Crippen LogP) is 3.04. The Morgan fingerprint density at radius 1 is 1.37 bits per heavy atom. The van der Waals surface area contributed by atoms with Crippen LogP contribution in [0.15, 0.2) is 30.5 Å². The number of amides is 2. The van der Waals surface area contributed by atoms with Gasteiger partial charge in [0.05, 0.1) is 0 Å². The zero-order valence-electron chi connectivity index (χ0n) is 11.0. The largest absolute Gasteiger partial charge is 0.382 e. The van der Waals surface area contributed by atoms with Crippen molar-refractivity contribution in [1.29, 1.82) is 0 Å². The number of urea groups is 1. The summed E-state index contributed by atoms with van der Waals surface area (Å²) in [5.74, 6) is 0. The number of benzene rings is 1. The Labute approximate surface area is 118 Å². The summed E-state index contributed by atoms with van der Waals surface area (Å²) in [6.07, 6.45) is 4.21. The van der Waals surface area contributed by atoms with Crippen molar-refractivity contribution in [2.45, 2.75) is 13.3 Å². The summed E-state index contributed by atoms with van der Waals surface area (Å²) in [4.78, 5) is 11.4. The third kappa shape index (κ3) is 7.49. The Hall–Kier alpha value is -1.52. The van der Waals surface area contributed by atoms with Crippen LogP contribution in [-0.4, -0.2) is 25.8 Å². The molecule has 0 heterocycles. The van der Waals surface area contributed by atoms with E-state index >= 15 is 0 Å². The van der Waals surface area contributed by atoms with Crippen molar-refractivity contribution in [3.63, 3.8) is 0 Å². The fourth-order valence-corrected chi connectivity index (χ4v) is 1.48. The van der Waals surface area contributed by atoms with E-state index in [4.69, 9.17) is 16.3 Å². The topological polar surface area (TPSA) is 50.4 Å². The Kier molecular flexibility index (Phi) is 7.70. The van der Waals surface area contributed by atoms with Gasteiger partial charge in [0.15, 0.2) is 0 Å². The first-order valence-corrected chi connectivity index (χ1v) is 6.64. The Bertz CT molecular complexity index is 404. The molecule has 0 aliphatic heterocycles. The van der Waals surface area contributed by atoms with Crippen molar-refractivity contribution in [2.75, 3.05) is 19.8 Å². The van der Waals surface area contributed by atoms with Gasteiger partial charge in [-0.1, -0.05) is 23.7 Å². The first-order chi connectivity index (χ1) is 9.22. The molecule has 0 atom stereocenters. The molecule has 104 valence electrons. The molecule has 0 spiro atoms. The van der Waals surface area contributed by atoms with Gasteiger partial charge in [0.2, 0.25) is 0 Å². The molecule has 0 fully saturated rings. The van der Waals surface area contributed by atoms with Gasteiger partial charge in [0, 0.05) is 31.0 Å². The molecule has 4 nitrogen and oxygen atoms in total. The monoisotopic (exact) mass is 282 g/mol. The molecule has 0 unspecified atom stereocenters. The average molecular weight is 283 g/mol. The number of carbonyl (C=O) groups excluding carboxylic acids is 1. The maximum absolute atomic E-state index is 11.4. The highest BCUT2D eigenvalue weighted by molar-refractivity contribution is 6.30. The van der Waals surface area contributed by atoms with Crippen LogP contribution in [0.2, 0.25) is 5.02 Å². The summed E-state index contributed by atoms with van der Waals surface area (Å²) in [6, 6.07) is 7.13. The quantitative estimate of drug-likeness (QED) is 0.755. The molecular weight excluding hydrogens is 264 g/mol. The van der Waals surface area contributed by atoms with Crippen molar-refractivity contribution in [3.05, 3.63) is 41.1 Å². The molecule has 0 bridgehead atoms. The average Bonchev–Trinajstić information content (AvgIpc) is 2.41. The van der Waals surface area contributed by atoms with Gasteiger partial charge in [-0.05, 0) is 37.1 Å². The molecule has 0 radical (unpaired) electrons. The molecule has 2 N–H and O–H groups in total. The summed E-state index contributed by atoms with van der Waals surface area (Å²) < 4.78 is 5.17. The van der Waals surface area contributed by atoms with Crippen LogP contribution in [0, 0.1) is 0 Å². The summed E-state index contributed by atoms with van der Waals surface area (Å²) >= 11 is 5.78. The van der Waals surface area contributed by atoms with E-state index in [0.29, 0.717) is 24.8 Å². The fourth-order valence-electron chi connectivity index (χ4n) is 1.36. The third-order valence-corrected chi connectivity index (χ3v) is 2.57. The summed E-state index contributed by atoms with van der Waals surface area (Å²) in [6.45, 7) is 3.91. The first kappa shape index (κ1) is 15.5. The van der Waals surface area contributed by atoms with E-state index in [9.17, 15) is 4.79 Å². The van der Waals surface area contributed by atoms with Crippen molar-refractivity contribution < 1.29 is 9.53 Å². The van der Waals surface area contributed by atoms with Crippen molar-refractivity contribution in [3.8, 4) is 0 Å². The maximum atomic E-state index is 11.4. The third-order valence-electron chi connectivity index (χ3n) is 2.32. The zero-order chi connectivity index (χ0) is 13.9. The predicted molar refractivity (Wildman–Crippen MR) is 78.1 cm³/mol. The highest BCUT2D eigenvalue weighted by atomic mass is 35.5. The molecule has 0 saturated heterocycles. The molecule has 5 heteroatoms. The molecule has 0 aliphatic carbocycles. The Morgan fingerprint density at radius 2 is 2.11 bits per heavy atom. The molecular formula is C14H19ClN2O2. The molecule has 1 aromatic carbocycles. The molecule has 1 rings (SSSR count). The van der Waals surface area contributed by atoms with Crippen molar-refractivity contribution in [2.24, 2.45) is 0 Å². The second-order valence-corrected chi connectivity index (χ2v) is 4.27. The number of rotatable bonds is 7. The van der Waals surface area contributed by atoms with Crippen LogP contribution < -0.4 is 10.6 Å². The van der Waals surface area contributed by atoms with Crippen LogP contribution >= 0.6 is 11.6 Å². The van der Waals surface area contributed by atoms with Crippen LogP contribution in [0.5, 0.6) is 0 Å². The van der Waals surface area contributed by atoms with E-state index in [-0.39, 0.29) is 6.03 Å². The number of nitrogens with one attached hydrogen (secondary N) is 2. The normalized spacial score (nSPS) is 10.6. The molecule has 2 amide bonds. The lowest BCUT2D eigenvalue weighted by molar-refractivity contribution is 0.145. The zero-order valence-corrected chi connectivity index (χ0v) is 11.7. The molecule has 1 aromatic rings. The van der Waals surface area contributed by atoms with Gasteiger partial charge in [0.25, 0.3) is 0 Å². The SMILES string of the molecule is CCOCCCNC(=O)N/C=C/c1ccc(Cl)cc1. The van der Waals surface area contributed by atoms with Crippen LogP contribution in [0.25, 0.3) is 6.08 Å².